The standard InChI is InChI=1S/C38H50N8O2/c1-26-13-16-28(17-14-26)42-35(23-33(39)38(2,3)4)44-37(47)43-32-19-15-27(30-11-7-8-12-31(30)32)25-48-29-18-20-34(40)46(24-29)36(41)45-21-9-5-6-10-22-45/h7-8,11-14,16-18,20,24,27,32,39-41H,5-6,9-10,15,19,21-23,25H2,1-4H3,(H2,42,43,44,47). The molecular formula is C38H50N8O2. The number of pyridine rings is 1. The van der Waals surface area contributed by atoms with Gasteiger partial charge in [0.1, 0.15) is 17.1 Å². The molecule has 1 aromatic heterocycles. The fourth-order valence-corrected chi connectivity index (χ4v) is 6.22. The Morgan fingerprint density at radius 3 is 2.31 bits per heavy atom. The fourth-order valence-electron chi connectivity index (χ4n) is 6.22. The van der Waals surface area contributed by atoms with E-state index in [1.165, 1.54) is 12.8 Å². The lowest BCUT2D eigenvalue weighted by Crippen LogP contribution is -2.43. The van der Waals surface area contributed by atoms with Gasteiger partial charge in [-0.05, 0) is 73.4 Å². The number of carbonyl (C=O) groups excluding carboxylic acids is 1. The molecule has 10 nitrogen and oxygen atoms in total. The molecule has 2 aromatic carbocycles. The molecule has 0 bridgehead atoms. The topological polar surface area (TPSA) is 142 Å². The number of urea groups is 1. The summed E-state index contributed by atoms with van der Waals surface area (Å²) in [4.78, 5) is 20.2. The third-order valence-corrected chi connectivity index (χ3v) is 9.23. The molecule has 1 saturated heterocycles. The van der Waals surface area contributed by atoms with Crippen molar-refractivity contribution in [3.63, 3.8) is 0 Å². The minimum atomic E-state index is -0.344. The molecule has 5 N–H and O–H groups in total. The Labute approximate surface area is 284 Å². The lowest BCUT2D eigenvalue weighted by molar-refractivity contribution is 0.235. The first-order valence-corrected chi connectivity index (χ1v) is 17.1. The quantitative estimate of drug-likeness (QED) is 0.134. The van der Waals surface area contributed by atoms with Crippen LogP contribution in [0.3, 0.4) is 0 Å². The van der Waals surface area contributed by atoms with E-state index in [4.69, 9.17) is 26.0 Å². The highest BCUT2D eigenvalue weighted by atomic mass is 16.5. The van der Waals surface area contributed by atoms with E-state index in [1.807, 2.05) is 64.1 Å². The third kappa shape index (κ3) is 8.99. The van der Waals surface area contributed by atoms with Crippen LogP contribution in [0.2, 0.25) is 0 Å². The van der Waals surface area contributed by atoms with Crippen molar-refractivity contribution in [2.45, 2.75) is 84.6 Å². The van der Waals surface area contributed by atoms with E-state index in [-0.39, 0.29) is 35.3 Å². The average molecular weight is 651 g/mol. The summed E-state index contributed by atoms with van der Waals surface area (Å²) in [6.07, 6.45) is 8.05. The molecule has 2 atom stereocenters. The van der Waals surface area contributed by atoms with Gasteiger partial charge in [0.25, 0.3) is 0 Å². The number of amidine groups is 1. The van der Waals surface area contributed by atoms with Gasteiger partial charge in [-0.1, -0.05) is 75.6 Å². The Balaban J connectivity index is 1.25. The van der Waals surface area contributed by atoms with Gasteiger partial charge in [-0.25, -0.2) is 9.79 Å². The number of benzene rings is 2. The van der Waals surface area contributed by atoms with Gasteiger partial charge >= 0.3 is 6.03 Å². The maximum absolute atomic E-state index is 13.4. The molecule has 10 heteroatoms. The smallest absolute Gasteiger partial charge is 0.320 e. The van der Waals surface area contributed by atoms with E-state index in [1.54, 1.807) is 22.9 Å². The molecule has 0 saturated carbocycles. The number of ether oxygens (including phenoxy) is 1. The van der Waals surface area contributed by atoms with Crippen LogP contribution in [-0.4, -0.2) is 52.7 Å². The van der Waals surface area contributed by atoms with E-state index in [0.717, 1.165) is 61.2 Å². The van der Waals surface area contributed by atoms with Crippen molar-refractivity contribution in [1.82, 2.24) is 20.1 Å². The van der Waals surface area contributed by atoms with Gasteiger partial charge in [-0.2, -0.15) is 0 Å². The Hall–Kier alpha value is -4.73. The van der Waals surface area contributed by atoms with Crippen LogP contribution in [0.25, 0.3) is 0 Å². The third-order valence-electron chi connectivity index (χ3n) is 9.23. The zero-order chi connectivity index (χ0) is 34.3. The number of aryl methyl sites for hydroxylation is 1. The second-order valence-corrected chi connectivity index (χ2v) is 14.0. The number of aromatic nitrogens is 1. The second kappa shape index (κ2) is 15.4. The van der Waals surface area contributed by atoms with Gasteiger partial charge in [0.2, 0.25) is 5.96 Å². The summed E-state index contributed by atoms with van der Waals surface area (Å²) < 4.78 is 7.91. The molecule has 2 aliphatic rings. The maximum atomic E-state index is 13.4. The first-order chi connectivity index (χ1) is 23.0. The molecule has 5 rings (SSSR count). The van der Waals surface area contributed by atoms with Gasteiger partial charge in [0.05, 0.1) is 24.5 Å². The number of aliphatic imine (C=N–C) groups is 1. The summed E-state index contributed by atoms with van der Waals surface area (Å²) >= 11 is 0. The van der Waals surface area contributed by atoms with Crippen molar-refractivity contribution in [2.24, 2.45) is 10.4 Å². The van der Waals surface area contributed by atoms with Crippen LogP contribution in [0, 0.1) is 28.6 Å². The predicted molar refractivity (Wildman–Crippen MR) is 192 cm³/mol. The normalized spacial score (nSPS) is 18.3. The molecule has 1 aliphatic carbocycles. The van der Waals surface area contributed by atoms with Crippen LogP contribution in [-0.2, 0) is 0 Å². The van der Waals surface area contributed by atoms with Gasteiger partial charge < -0.3 is 20.4 Å². The largest absolute Gasteiger partial charge is 0.491 e. The van der Waals surface area contributed by atoms with Gasteiger partial charge in [0, 0.05) is 31.1 Å². The number of fused-ring (bicyclic) bond motifs is 1. The number of amides is 2. The van der Waals surface area contributed by atoms with E-state index in [2.05, 4.69) is 27.7 Å². The number of nitrogens with zero attached hydrogens (tertiary/aromatic N) is 3. The molecule has 254 valence electrons. The molecule has 0 spiro atoms. The number of hydrogen-bond donors (Lipinski definition) is 5. The van der Waals surface area contributed by atoms with Crippen LogP contribution in [0.4, 0.5) is 10.5 Å². The summed E-state index contributed by atoms with van der Waals surface area (Å²) in [6.45, 7) is 10.1. The molecule has 0 radical (unpaired) electrons. The van der Waals surface area contributed by atoms with Crippen LogP contribution in [0.5, 0.6) is 5.75 Å². The van der Waals surface area contributed by atoms with Crippen molar-refractivity contribution in [3.8, 4) is 5.75 Å². The van der Waals surface area contributed by atoms with Gasteiger partial charge in [-0.3, -0.25) is 20.7 Å². The van der Waals surface area contributed by atoms with Crippen LogP contribution in [0.15, 0.2) is 71.9 Å². The van der Waals surface area contributed by atoms with Crippen LogP contribution >= 0.6 is 0 Å². The molecular weight excluding hydrogens is 600 g/mol. The summed E-state index contributed by atoms with van der Waals surface area (Å²) in [5.74, 6) is 1.52. The minimum Gasteiger partial charge on any atom is -0.491 e. The number of likely N-dealkylation sites (tertiary alicyclic amines) is 1. The highest BCUT2D eigenvalue weighted by Crippen LogP contribution is 2.37. The fraction of sp³-hybridized carbons (Fsp3) is 0.447. The second-order valence-electron chi connectivity index (χ2n) is 14.0. The van der Waals surface area contributed by atoms with Gasteiger partial charge in [0.15, 0.2) is 0 Å². The lowest BCUT2D eigenvalue weighted by atomic mass is 9.80. The molecule has 2 unspecified atom stereocenters. The van der Waals surface area contributed by atoms with Crippen molar-refractivity contribution in [3.05, 3.63) is 89.0 Å². The van der Waals surface area contributed by atoms with E-state index in [0.29, 0.717) is 29.9 Å². The van der Waals surface area contributed by atoms with E-state index in [9.17, 15) is 4.79 Å². The minimum absolute atomic E-state index is 0.127. The monoisotopic (exact) mass is 650 g/mol. The summed E-state index contributed by atoms with van der Waals surface area (Å²) in [5.41, 5.74) is 4.46. The average Bonchev–Trinajstić information content (AvgIpc) is 3.35. The zero-order valence-corrected chi connectivity index (χ0v) is 28.7. The van der Waals surface area contributed by atoms with Crippen molar-refractivity contribution in [1.29, 1.82) is 16.2 Å². The van der Waals surface area contributed by atoms with E-state index < -0.39 is 0 Å². The summed E-state index contributed by atoms with van der Waals surface area (Å²) in [5, 5.41) is 31.9. The molecule has 48 heavy (non-hydrogen) atoms. The lowest BCUT2D eigenvalue weighted by Gasteiger charge is -2.32. The Morgan fingerprint density at radius 1 is 0.938 bits per heavy atom. The van der Waals surface area contributed by atoms with E-state index >= 15 is 0 Å². The summed E-state index contributed by atoms with van der Waals surface area (Å²) in [6, 6.07) is 18.9. The predicted octanol–water partition coefficient (Wildman–Crippen LogP) is 7.42. The first-order valence-electron chi connectivity index (χ1n) is 17.1. The number of rotatable bonds is 7. The van der Waals surface area contributed by atoms with Gasteiger partial charge in [-0.15, -0.1) is 0 Å². The number of nitrogens with one attached hydrogen (secondary N) is 5. The van der Waals surface area contributed by atoms with Crippen LogP contribution < -0.4 is 20.9 Å². The Morgan fingerprint density at radius 2 is 1.62 bits per heavy atom. The highest BCUT2D eigenvalue weighted by molar-refractivity contribution is 6.09. The SMILES string of the molecule is Cc1ccc(N=C(CC(=N)C(C)(C)C)NC(=O)NC2CCC(COc3ccc(=N)n(C(=N)N4CCCCCC4)c3)c3ccccc32)cc1. The summed E-state index contributed by atoms with van der Waals surface area (Å²) in [7, 11) is 0. The highest BCUT2D eigenvalue weighted by Gasteiger charge is 2.29. The van der Waals surface area contributed by atoms with Crippen LogP contribution in [0.1, 0.15) is 94.4 Å². The zero-order valence-electron chi connectivity index (χ0n) is 28.7. The first kappa shape index (κ1) is 34.6. The van der Waals surface area contributed by atoms with Crippen molar-refractivity contribution in [2.75, 3.05) is 19.7 Å². The Bertz CT molecular complexity index is 1690. The Kier molecular flexibility index (Phi) is 11.1. The molecule has 2 heterocycles. The maximum Gasteiger partial charge on any atom is 0.320 e. The molecule has 2 amide bonds. The molecule has 1 fully saturated rings. The number of carbonyl (C=O) groups is 1. The molecule has 3 aromatic rings. The van der Waals surface area contributed by atoms with Crippen molar-refractivity contribution < 1.29 is 9.53 Å². The van der Waals surface area contributed by atoms with Crippen molar-refractivity contribution >= 4 is 29.2 Å². The number of hydrogen-bond acceptors (Lipinski definition) is 6. The molecule has 1 aliphatic heterocycles.